The highest BCUT2D eigenvalue weighted by molar-refractivity contribution is 6.74. The van der Waals surface area contributed by atoms with Gasteiger partial charge in [-0.25, -0.2) is 0 Å². The van der Waals surface area contributed by atoms with Gasteiger partial charge >= 0.3 is 0 Å². The number of anilines is 1. The molecule has 0 aromatic heterocycles. The third kappa shape index (κ3) is 3.03. The molecule has 1 aromatic carbocycles. The maximum atomic E-state index is 6.30. The molecule has 0 bridgehead atoms. The zero-order valence-electron chi connectivity index (χ0n) is 12.1. The van der Waals surface area contributed by atoms with Crippen molar-refractivity contribution in [1.29, 1.82) is 0 Å². The second-order valence-corrected chi connectivity index (χ2v) is 11.1. The van der Waals surface area contributed by atoms with Crippen LogP contribution in [-0.4, -0.2) is 8.32 Å². The van der Waals surface area contributed by atoms with Gasteiger partial charge in [0.1, 0.15) is 5.75 Å². The fourth-order valence-electron chi connectivity index (χ4n) is 1.53. The van der Waals surface area contributed by atoms with Gasteiger partial charge in [-0.2, -0.15) is 0 Å². The van der Waals surface area contributed by atoms with E-state index in [0.717, 1.165) is 17.0 Å². The third-order valence-electron chi connectivity index (χ3n) is 3.61. The fraction of sp³-hybridized carbons (Fsp3) is 0.571. The smallest absolute Gasteiger partial charge is 0.250 e. The van der Waals surface area contributed by atoms with Crippen LogP contribution in [0.25, 0.3) is 0 Å². The minimum atomic E-state index is -1.81. The zero-order chi connectivity index (χ0) is 13.4. The van der Waals surface area contributed by atoms with Crippen molar-refractivity contribution in [2.45, 2.75) is 52.8 Å². The Morgan fingerprint density at radius 1 is 1.12 bits per heavy atom. The Labute approximate surface area is 106 Å². The van der Waals surface area contributed by atoms with Gasteiger partial charge in [0.2, 0.25) is 0 Å². The van der Waals surface area contributed by atoms with E-state index in [1.807, 2.05) is 6.07 Å². The van der Waals surface area contributed by atoms with Crippen LogP contribution in [0, 0.1) is 13.8 Å². The van der Waals surface area contributed by atoms with Crippen LogP contribution in [0.15, 0.2) is 12.1 Å². The molecule has 0 atom stereocenters. The summed E-state index contributed by atoms with van der Waals surface area (Å²) >= 11 is 0. The van der Waals surface area contributed by atoms with Gasteiger partial charge in [-0.3, -0.25) is 0 Å². The normalized spacial score (nSPS) is 12.6. The summed E-state index contributed by atoms with van der Waals surface area (Å²) in [5, 5.41) is 0.191. The number of hydrogen-bond donors (Lipinski definition) is 1. The topological polar surface area (TPSA) is 35.2 Å². The molecule has 17 heavy (non-hydrogen) atoms. The average Bonchev–Trinajstić information content (AvgIpc) is 2.09. The van der Waals surface area contributed by atoms with Crippen molar-refractivity contribution in [1.82, 2.24) is 0 Å². The van der Waals surface area contributed by atoms with Gasteiger partial charge < -0.3 is 10.2 Å². The first-order valence-corrected chi connectivity index (χ1v) is 9.01. The van der Waals surface area contributed by atoms with Crippen LogP contribution >= 0.6 is 0 Å². The van der Waals surface area contributed by atoms with Gasteiger partial charge in [-0.05, 0) is 49.2 Å². The summed E-state index contributed by atoms with van der Waals surface area (Å²) < 4.78 is 6.30. The SMILES string of the molecule is Cc1cc(C)c(O[Si](C)(C)C(C)(C)C)c(N)c1. The molecule has 2 nitrogen and oxygen atoms in total. The van der Waals surface area contributed by atoms with Crippen molar-refractivity contribution in [3.05, 3.63) is 23.3 Å². The highest BCUT2D eigenvalue weighted by atomic mass is 28.4. The molecule has 0 aliphatic carbocycles. The Hall–Kier alpha value is -0.963. The highest BCUT2D eigenvalue weighted by Crippen LogP contribution is 2.40. The molecule has 0 aliphatic heterocycles. The average molecular weight is 251 g/mol. The summed E-state index contributed by atoms with van der Waals surface area (Å²) in [6.07, 6.45) is 0. The van der Waals surface area contributed by atoms with Crippen LogP contribution in [0.5, 0.6) is 5.75 Å². The van der Waals surface area contributed by atoms with Crippen molar-refractivity contribution in [2.24, 2.45) is 0 Å². The first-order valence-electron chi connectivity index (χ1n) is 6.10. The lowest BCUT2D eigenvalue weighted by atomic mass is 10.1. The molecule has 0 saturated heterocycles. The van der Waals surface area contributed by atoms with Gasteiger partial charge in [-0.15, -0.1) is 0 Å². The van der Waals surface area contributed by atoms with Crippen LogP contribution in [0.2, 0.25) is 18.1 Å². The van der Waals surface area contributed by atoms with E-state index in [1.165, 1.54) is 5.56 Å². The van der Waals surface area contributed by atoms with E-state index < -0.39 is 8.32 Å². The molecular weight excluding hydrogens is 226 g/mol. The van der Waals surface area contributed by atoms with E-state index in [1.54, 1.807) is 0 Å². The van der Waals surface area contributed by atoms with E-state index in [-0.39, 0.29) is 5.04 Å². The number of aryl methyl sites for hydroxylation is 2. The van der Waals surface area contributed by atoms with Gasteiger partial charge in [0, 0.05) is 0 Å². The quantitative estimate of drug-likeness (QED) is 0.629. The van der Waals surface area contributed by atoms with Gasteiger partial charge in [0.05, 0.1) is 5.69 Å². The molecule has 2 N–H and O–H groups in total. The molecule has 0 heterocycles. The second-order valence-electron chi connectivity index (χ2n) is 6.36. The second kappa shape index (κ2) is 4.37. The number of hydrogen-bond acceptors (Lipinski definition) is 2. The Balaban J connectivity index is 3.13. The number of nitrogen functional groups attached to an aromatic ring is 1. The number of benzene rings is 1. The lowest BCUT2D eigenvalue weighted by Crippen LogP contribution is -2.44. The van der Waals surface area contributed by atoms with Crippen LogP contribution in [0.3, 0.4) is 0 Å². The monoisotopic (exact) mass is 251 g/mol. The van der Waals surface area contributed by atoms with E-state index >= 15 is 0 Å². The third-order valence-corrected chi connectivity index (χ3v) is 7.94. The summed E-state index contributed by atoms with van der Waals surface area (Å²) in [6, 6.07) is 4.11. The maximum Gasteiger partial charge on any atom is 0.250 e. The number of rotatable bonds is 2. The molecule has 0 saturated carbocycles. The van der Waals surface area contributed by atoms with Crippen molar-refractivity contribution in [3.63, 3.8) is 0 Å². The Kier molecular flexibility index (Phi) is 3.62. The van der Waals surface area contributed by atoms with Crippen molar-refractivity contribution >= 4 is 14.0 Å². The van der Waals surface area contributed by atoms with Crippen molar-refractivity contribution in [2.75, 3.05) is 5.73 Å². The minimum absolute atomic E-state index is 0.191. The molecule has 0 spiro atoms. The molecule has 0 radical (unpaired) electrons. The van der Waals surface area contributed by atoms with Crippen LogP contribution in [0.1, 0.15) is 31.9 Å². The maximum absolute atomic E-state index is 6.30. The summed E-state index contributed by atoms with van der Waals surface area (Å²) in [5.74, 6) is 0.877. The molecular formula is C14H25NOSi. The number of nitrogens with two attached hydrogens (primary N) is 1. The molecule has 1 rings (SSSR count). The highest BCUT2D eigenvalue weighted by Gasteiger charge is 2.39. The van der Waals surface area contributed by atoms with E-state index in [4.69, 9.17) is 10.2 Å². The molecule has 0 aliphatic rings. The first-order chi connectivity index (χ1) is 7.54. The van der Waals surface area contributed by atoms with Crippen LogP contribution in [0.4, 0.5) is 5.69 Å². The van der Waals surface area contributed by atoms with Gasteiger partial charge in [0.25, 0.3) is 8.32 Å². The molecule has 0 fully saturated rings. The Morgan fingerprint density at radius 3 is 2.06 bits per heavy atom. The van der Waals surface area contributed by atoms with Gasteiger partial charge in [-0.1, -0.05) is 26.8 Å². The minimum Gasteiger partial charge on any atom is -0.542 e. The fourth-order valence-corrected chi connectivity index (χ4v) is 2.63. The molecule has 3 heteroatoms. The van der Waals surface area contributed by atoms with E-state index in [9.17, 15) is 0 Å². The standard InChI is InChI=1S/C14H25NOSi/c1-10-8-11(2)13(12(15)9-10)16-17(6,7)14(3,4)5/h8-9H,15H2,1-7H3. The van der Waals surface area contributed by atoms with Gasteiger partial charge in [0.15, 0.2) is 0 Å². The van der Waals surface area contributed by atoms with Crippen molar-refractivity contribution < 1.29 is 4.43 Å². The predicted octanol–water partition coefficient (Wildman–Crippen LogP) is 4.27. The lowest BCUT2D eigenvalue weighted by Gasteiger charge is -2.37. The molecule has 0 unspecified atom stereocenters. The zero-order valence-corrected chi connectivity index (χ0v) is 13.1. The largest absolute Gasteiger partial charge is 0.542 e. The van der Waals surface area contributed by atoms with E-state index in [2.05, 4.69) is 53.8 Å². The van der Waals surface area contributed by atoms with E-state index in [0.29, 0.717) is 0 Å². The molecule has 1 aromatic rings. The van der Waals surface area contributed by atoms with Crippen molar-refractivity contribution in [3.8, 4) is 5.75 Å². The molecule has 96 valence electrons. The summed E-state index contributed by atoms with van der Waals surface area (Å²) in [5.41, 5.74) is 9.14. The summed E-state index contributed by atoms with van der Waals surface area (Å²) in [7, 11) is -1.81. The van der Waals surface area contributed by atoms with Crippen LogP contribution in [-0.2, 0) is 0 Å². The summed E-state index contributed by atoms with van der Waals surface area (Å²) in [4.78, 5) is 0. The Morgan fingerprint density at radius 2 is 1.65 bits per heavy atom. The Bertz CT molecular complexity index is 396. The lowest BCUT2D eigenvalue weighted by molar-refractivity contribution is 0.491. The van der Waals surface area contributed by atoms with Crippen LogP contribution < -0.4 is 10.2 Å². The first kappa shape index (κ1) is 14.1. The molecule has 0 amide bonds. The predicted molar refractivity (Wildman–Crippen MR) is 78.2 cm³/mol. The summed E-state index contributed by atoms with van der Waals surface area (Å²) in [6.45, 7) is 15.3.